The number of benzene rings is 1. The number of H-pyrrole nitrogens is 1. The number of carbonyl (C=O) groups excluding carboxylic acids is 2. The summed E-state index contributed by atoms with van der Waals surface area (Å²) in [6.45, 7) is 1.71. The standard InChI is InChI=1S/C16H18N4O4/c1-23-12-4-2-3-11(9-12)14-13(10-18-19-14)15(21)17-5-6-20-7-8-24-16(20)22/h2-4,9-10H,5-8H2,1H3,(H,17,21)(H,18,19). The predicted octanol–water partition coefficient (Wildman–Crippen LogP) is 1.27. The Bertz CT molecular complexity index is 743. The van der Waals surface area contributed by atoms with Crippen molar-refractivity contribution in [2.45, 2.75) is 0 Å². The molecule has 2 aromatic rings. The molecule has 0 radical (unpaired) electrons. The molecule has 0 unspecified atom stereocenters. The van der Waals surface area contributed by atoms with Gasteiger partial charge in [-0.05, 0) is 12.1 Å². The van der Waals surface area contributed by atoms with Gasteiger partial charge in [0.2, 0.25) is 0 Å². The van der Waals surface area contributed by atoms with Crippen LogP contribution in [0.3, 0.4) is 0 Å². The molecule has 24 heavy (non-hydrogen) atoms. The van der Waals surface area contributed by atoms with E-state index in [9.17, 15) is 9.59 Å². The first kappa shape index (κ1) is 15.9. The highest BCUT2D eigenvalue weighted by molar-refractivity contribution is 5.99. The summed E-state index contributed by atoms with van der Waals surface area (Å²) in [7, 11) is 1.59. The van der Waals surface area contributed by atoms with Gasteiger partial charge in [0, 0.05) is 18.7 Å². The number of carbonyl (C=O) groups is 2. The number of aromatic amines is 1. The molecular weight excluding hydrogens is 312 g/mol. The summed E-state index contributed by atoms with van der Waals surface area (Å²) >= 11 is 0. The van der Waals surface area contributed by atoms with Gasteiger partial charge in [0.05, 0.1) is 31.1 Å². The number of amides is 2. The maximum absolute atomic E-state index is 12.4. The van der Waals surface area contributed by atoms with Crippen molar-refractivity contribution in [3.63, 3.8) is 0 Å². The highest BCUT2D eigenvalue weighted by Crippen LogP contribution is 2.24. The molecule has 126 valence electrons. The molecule has 3 rings (SSSR count). The maximum atomic E-state index is 12.4. The number of methoxy groups -OCH3 is 1. The van der Waals surface area contributed by atoms with Gasteiger partial charge in [-0.25, -0.2) is 4.79 Å². The van der Waals surface area contributed by atoms with Gasteiger partial charge in [0.25, 0.3) is 5.91 Å². The Morgan fingerprint density at radius 3 is 3.12 bits per heavy atom. The maximum Gasteiger partial charge on any atom is 0.409 e. The molecule has 8 heteroatoms. The lowest BCUT2D eigenvalue weighted by Crippen LogP contribution is -2.35. The highest BCUT2D eigenvalue weighted by Gasteiger charge is 2.22. The Hall–Kier alpha value is -3.03. The van der Waals surface area contributed by atoms with Crippen molar-refractivity contribution < 1.29 is 19.1 Å². The van der Waals surface area contributed by atoms with Gasteiger partial charge in [-0.2, -0.15) is 5.10 Å². The summed E-state index contributed by atoms with van der Waals surface area (Å²) in [4.78, 5) is 25.3. The third-order valence-electron chi connectivity index (χ3n) is 3.75. The lowest BCUT2D eigenvalue weighted by atomic mass is 10.1. The summed E-state index contributed by atoms with van der Waals surface area (Å²) in [5.41, 5.74) is 1.86. The largest absolute Gasteiger partial charge is 0.497 e. The monoisotopic (exact) mass is 330 g/mol. The summed E-state index contributed by atoms with van der Waals surface area (Å²) in [6.07, 6.45) is 1.14. The molecule has 1 aromatic heterocycles. The summed E-state index contributed by atoms with van der Waals surface area (Å²) < 4.78 is 10.0. The van der Waals surface area contributed by atoms with Gasteiger partial charge >= 0.3 is 6.09 Å². The zero-order chi connectivity index (χ0) is 16.9. The Morgan fingerprint density at radius 1 is 1.50 bits per heavy atom. The number of nitrogens with one attached hydrogen (secondary N) is 2. The second-order valence-electron chi connectivity index (χ2n) is 5.25. The van der Waals surface area contributed by atoms with Crippen molar-refractivity contribution in [2.24, 2.45) is 0 Å². The van der Waals surface area contributed by atoms with Crippen LogP contribution < -0.4 is 10.1 Å². The van der Waals surface area contributed by atoms with E-state index in [1.165, 1.54) is 6.20 Å². The van der Waals surface area contributed by atoms with E-state index in [-0.39, 0.29) is 12.0 Å². The molecule has 0 aliphatic carbocycles. The molecule has 0 spiro atoms. The lowest BCUT2D eigenvalue weighted by Gasteiger charge is -2.13. The Kier molecular flexibility index (Phi) is 4.64. The van der Waals surface area contributed by atoms with E-state index in [0.717, 1.165) is 5.56 Å². The van der Waals surface area contributed by atoms with Crippen LogP contribution in [0.2, 0.25) is 0 Å². The fourth-order valence-electron chi connectivity index (χ4n) is 2.49. The first-order chi connectivity index (χ1) is 11.7. The number of rotatable bonds is 6. The highest BCUT2D eigenvalue weighted by atomic mass is 16.6. The average molecular weight is 330 g/mol. The summed E-state index contributed by atoms with van der Waals surface area (Å²) in [6, 6.07) is 7.36. The molecule has 1 saturated heterocycles. The fourth-order valence-corrected chi connectivity index (χ4v) is 2.49. The average Bonchev–Trinajstić information content (AvgIpc) is 3.24. The van der Waals surface area contributed by atoms with E-state index >= 15 is 0 Å². The van der Waals surface area contributed by atoms with E-state index in [4.69, 9.17) is 9.47 Å². The molecule has 1 aliphatic rings. The third-order valence-corrected chi connectivity index (χ3v) is 3.75. The molecule has 2 N–H and O–H groups in total. The quantitative estimate of drug-likeness (QED) is 0.831. The fraction of sp³-hybridized carbons (Fsp3) is 0.312. The number of cyclic esters (lactones) is 1. The van der Waals surface area contributed by atoms with Crippen LogP contribution >= 0.6 is 0 Å². The predicted molar refractivity (Wildman–Crippen MR) is 85.8 cm³/mol. The van der Waals surface area contributed by atoms with Crippen molar-refractivity contribution in [3.05, 3.63) is 36.0 Å². The van der Waals surface area contributed by atoms with Crippen LogP contribution in [0.1, 0.15) is 10.4 Å². The first-order valence-electron chi connectivity index (χ1n) is 7.56. The second kappa shape index (κ2) is 7.03. The van der Waals surface area contributed by atoms with E-state index in [2.05, 4.69) is 15.5 Å². The zero-order valence-electron chi connectivity index (χ0n) is 13.2. The van der Waals surface area contributed by atoms with Crippen molar-refractivity contribution >= 4 is 12.0 Å². The minimum Gasteiger partial charge on any atom is -0.497 e. The number of aromatic nitrogens is 2. The first-order valence-corrected chi connectivity index (χ1v) is 7.56. The Morgan fingerprint density at radius 2 is 2.38 bits per heavy atom. The van der Waals surface area contributed by atoms with Crippen LogP contribution in [0.4, 0.5) is 4.79 Å². The third kappa shape index (κ3) is 3.32. The molecule has 1 aliphatic heterocycles. The van der Waals surface area contributed by atoms with Crippen molar-refractivity contribution in [1.29, 1.82) is 0 Å². The smallest absolute Gasteiger partial charge is 0.409 e. The van der Waals surface area contributed by atoms with Crippen LogP contribution in [0.15, 0.2) is 30.5 Å². The van der Waals surface area contributed by atoms with Crippen molar-refractivity contribution in [2.75, 3.05) is 33.4 Å². The Balaban J connectivity index is 1.65. The lowest BCUT2D eigenvalue weighted by molar-refractivity contribution is 0.0949. The number of ether oxygens (including phenoxy) is 2. The minimum atomic E-state index is -0.343. The van der Waals surface area contributed by atoms with Crippen LogP contribution in [-0.4, -0.2) is 60.4 Å². The number of hydrogen-bond acceptors (Lipinski definition) is 5. The number of nitrogens with zero attached hydrogens (tertiary/aromatic N) is 2. The summed E-state index contributed by atoms with van der Waals surface area (Å²) in [5, 5.41) is 9.60. The van der Waals surface area contributed by atoms with Gasteiger partial charge in [-0.15, -0.1) is 0 Å². The normalized spacial score (nSPS) is 13.7. The molecule has 2 heterocycles. The van der Waals surface area contributed by atoms with Crippen LogP contribution in [-0.2, 0) is 4.74 Å². The molecule has 0 atom stereocenters. The molecule has 8 nitrogen and oxygen atoms in total. The van der Waals surface area contributed by atoms with Gasteiger partial charge < -0.3 is 19.7 Å². The van der Waals surface area contributed by atoms with Gasteiger partial charge in [-0.1, -0.05) is 12.1 Å². The van der Waals surface area contributed by atoms with Crippen molar-refractivity contribution in [3.8, 4) is 17.0 Å². The van der Waals surface area contributed by atoms with Gasteiger partial charge in [0.15, 0.2) is 0 Å². The van der Waals surface area contributed by atoms with E-state index in [1.54, 1.807) is 12.0 Å². The molecule has 1 aromatic carbocycles. The molecule has 1 fully saturated rings. The van der Waals surface area contributed by atoms with E-state index in [0.29, 0.717) is 43.2 Å². The molecule has 0 bridgehead atoms. The van der Waals surface area contributed by atoms with Gasteiger partial charge in [0.1, 0.15) is 12.4 Å². The van der Waals surface area contributed by atoms with E-state index in [1.807, 2.05) is 24.3 Å². The van der Waals surface area contributed by atoms with Gasteiger partial charge in [-0.3, -0.25) is 9.89 Å². The second-order valence-corrected chi connectivity index (χ2v) is 5.25. The molecule has 0 saturated carbocycles. The van der Waals surface area contributed by atoms with Crippen LogP contribution in [0.25, 0.3) is 11.3 Å². The molecule has 2 amide bonds. The van der Waals surface area contributed by atoms with Crippen molar-refractivity contribution in [1.82, 2.24) is 20.4 Å². The van der Waals surface area contributed by atoms with Crippen LogP contribution in [0.5, 0.6) is 5.75 Å². The SMILES string of the molecule is COc1cccc(-c2[nH]ncc2C(=O)NCCN2CCOC2=O)c1. The van der Waals surface area contributed by atoms with E-state index < -0.39 is 0 Å². The zero-order valence-corrected chi connectivity index (χ0v) is 13.2. The minimum absolute atomic E-state index is 0.255. The van der Waals surface area contributed by atoms with Crippen LogP contribution in [0, 0.1) is 0 Å². The molecular formula is C16H18N4O4. The Labute approximate surface area is 138 Å². The number of hydrogen-bond donors (Lipinski definition) is 2. The summed E-state index contributed by atoms with van der Waals surface area (Å²) in [5.74, 6) is 0.440. The topological polar surface area (TPSA) is 96.5 Å².